The number of hydrogen-bond donors (Lipinski definition) is 0. The lowest BCUT2D eigenvalue weighted by Gasteiger charge is -2.13. The highest BCUT2D eigenvalue weighted by molar-refractivity contribution is 6.02. The third-order valence-corrected chi connectivity index (χ3v) is 4.60. The van der Waals surface area contributed by atoms with Crippen LogP contribution in [0.2, 0.25) is 0 Å². The molecule has 4 aromatic rings. The number of benzene rings is 4. The minimum absolute atomic E-state index is 0.577. The molecule has 0 N–H and O–H groups in total. The summed E-state index contributed by atoms with van der Waals surface area (Å²) in [4.78, 5) is 0. The van der Waals surface area contributed by atoms with E-state index in [9.17, 15) is 0 Å². The monoisotopic (exact) mass is 312 g/mol. The van der Waals surface area contributed by atoms with Crippen LogP contribution in [0.4, 0.5) is 0 Å². The second-order valence-corrected chi connectivity index (χ2v) is 6.08. The smallest absolute Gasteiger partial charge is 0.119 e. The normalized spacial score (nSPS) is 11.0. The fourth-order valence-corrected chi connectivity index (χ4v) is 3.24. The molecule has 0 aliphatic carbocycles. The number of fused-ring (bicyclic) bond motifs is 2. The van der Waals surface area contributed by atoms with Crippen LogP contribution >= 0.6 is 0 Å². The number of aryl methyl sites for hydroxylation is 1. The van der Waals surface area contributed by atoms with E-state index in [1.165, 1.54) is 32.7 Å². The molecule has 24 heavy (non-hydrogen) atoms. The summed E-state index contributed by atoms with van der Waals surface area (Å²) >= 11 is 0. The number of hydrogen-bond acceptors (Lipinski definition) is 1. The van der Waals surface area contributed by atoms with Crippen molar-refractivity contribution < 1.29 is 4.74 Å². The molecule has 0 aromatic heterocycles. The van der Waals surface area contributed by atoms with Crippen molar-refractivity contribution in [1.82, 2.24) is 0 Å². The van der Waals surface area contributed by atoms with Crippen LogP contribution in [0.1, 0.15) is 18.1 Å². The van der Waals surface area contributed by atoms with Gasteiger partial charge in [0.05, 0.1) is 0 Å². The van der Waals surface area contributed by atoms with Gasteiger partial charge in [-0.1, -0.05) is 67.6 Å². The van der Waals surface area contributed by atoms with Gasteiger partial charge in [-0.3, -0.25) is 0 Å². The van der Waals surface area contributed by atoms with Crippen molar-refractivity contribution in [1.29, 1.82) is 0 Å². The Morgan fingerprint density at radius 3 is 1.88 bits per heavy atom. The molecule has 0 aliphatic rings. The Hall–Kier alpha value is -2.80. The van der Waals surface area contributed by atoms with Crippen molar-refractivity contribution in [3.63, 3.8) is 0 Å². The van der Waals surface area contributed by atoms with E-state index in [1.807, 2.05) is 0 Å². The molecule has 4 aromatic carbocycles. The second kappa shape index (κ2) is 6.37. The van der Waals surface area contributed by atoms with Crippen molar-refractivity contribution in [2.45, 2.75) is 20.0 Å². The molecular weight excluding hydrogens is 292 g/mol. The molecule has 0 heterocycles. The molecule has 0 amide bonds. The van der Waals surface area contributed by atoms with Crippen LogP contribution in [0.3, 0.4) is 0 Å². The third-order valence-electron chi connectivity index (χ3n) is 4.60. The molecule has 0 bridgehead atoms. The summed E-state index contributed by atoms with van der Waals surface area (Å²) in [6.45, 7) is 2.74. The van der Waals surface area contributed by atoms with Crippen LogP contribution in [0.25, 0.3) is 21.5 Å². The summed E-state index contributed by atoms with van der Waals surface area (Å²) in [6.07, 6.45) is 1.05. The van der Waals surface area contributed by atoms with Crippen molar-refractivity contribution in [3.05, 3.63) is 90.0 Å². The first kappa shape index (κ1) is 14.8. The van der Waals surface area contributed by atoms with Crippen LogP contribution in [0.5, 0.6) is 5.75 Å². The topological polar surface area (TPSA) is 9.23 Å². The van der Waals surface area contributed by atoms with Gasteiger partial charge in [-0.15, -0.1) is 0 Å². The Bertz CT molecular complexity index is 930. The van der Waals surface area contributed by atoms with Crippen LogP contribution in [0.15, 0.2) is 78.9 Å². The van der Waals surface area contributed by atoms with E-state index in [0.29, 0.717) is 6.61 Å². The Labute approximate surface area is 142 Å². The van der Waals surface area contributed by atoms with Crippen LogP contribution in [0, 0.1) is 0 Å². The standard InChI is InChI=1S/C23H20O/c1-2-17-11-13-20(14-12-17)24-16-23-21-9-5-3-7-18(21)15-19-8-4-6-10-22(19)23/h3-15H,2,16H2,1H3. The zero-order valence-electron chi connectivity index (χ0n) is 13.8. The molecule has 1 nitrogen and oxygen atoms in total. The third kappa shape index (κ3) is 2.74. The largest absolute Gasteiger partial charge is 0.489 e. The van der Waals surface area contributed by atoms with Gasteiger partial charge in [0.2, 0.25) is 0 Å². The molecule has 0 atom stereocenters. The zero-order valence-corrected chi connectivity index (χ0v) is 13.8. The van der Waals surface area contributed by atoms with Crippen LogP contribution < -0.4 is 4.74 Å². The van der Waals surface area contributed by atoms with E-state index < -0.39 is 0 Å². The SMILES string of the molecule is CCc1ccc(OCc2c3ccccc3cc3ccccc23)cc1. The van der Waals surface area contributed by atoms with Crippen molar-refractivity contribution >= 4 is 21.5 Å². The predicted octanol–water partition coefficient (Wildman–Crippen LogP) is 6.13. The van der Waals surface area contributed by atoms with E-state index in [-0.39, 0.29) is 0 Å². The fourth-order valence-electron chi connectivity index (χ4n) is 3.24. The maximum atomic E-state index is 6.11. The fraction of sp³-hybridized carbons (Fsp3) is 0.130. The molecule has 0 aliphatic heterocycles. The average Bonchev–Trinajstić information content (AvgIpc) is 2.65. The van der Waals surface area contributed by atoms with Crippen molar-refractivity contribution in [3.8, 4) is 5.75 Å². The lowest BCUT2D eigenvalue weighted by molar-refractivity contribution is 0.309. The van der Waals surface area contributed by atoms with Gasteiger partial charge >= 0.3 is 0 Å². The van der Waals surface area contributed by atoms with Gasteiger partial charge in [0.15, 0.2) is 0 Å². The summed E-state index contributed by atoms with van der Waals surface area (Å²) in [5.41, 5.74) is 2.58. The maximum Gasteiger partial charge on any atom is 0.119 e. The first-order valence-corrected chi connectivity index (χ1v) is 8.46. The average molecular weight is 312 g/mol. The quantitative estimate of drug-likeness (QED) is 0.412. The minimum Gasteiger partial charge on any atom is -0.489 e. The van der Waals surface area contributed by atoms with Crippen LogP contribution in [-0.4, -0.2) is 0 Å². The molecule has 0 fully saturated rings. The highest BCUT2D eigenvalue weighted by Crippen LogP contribution is 2.29. The first-order chi connectivity index (χ1) is 11.8. The number of ether oxygens (including phenoxy) is 1. The lowest BCUT2D eigenvalue weighted by Crippen LogP contribution is -1.98. The highest BCUT2D eigenvalue weighted by Gasteiger charge is 2.08. The highest BCUT2D eigenvalue weighted by atomic mass is 16.5. The maximum absolute atomic E-state index is 6.11. The number of rotatable bonds is 4. The van der Waals surface area contributed by atoms with Gasteiger partial charge < -0.3 is 4.74 Å². The molecule has 1 heteroatoms. The Balaban J connectivity index is 1.75. The van der Waals surface area contributed by atoms with Crippen molar-refractivity contribution in [2.24, 2.45) is 0 Å². The van der Waals surface area contributed by atoms with E-state index in [2.05, 4.69) is 85.8 Å². The summed E-state index contributed by atoms with van der Waals surface area (Å²) < 4.78 is 6.11. The minimum atomic E-state index is 0.577. The molecular formula is C23H20O. The van der Waals surface area contributed by atoms with Gasteiger partial charge in [-0.2, -0.15) is 0 Å². The predicted molar refractivity (Wildman–Crippen MR) is 102 cm³/mol. The lowest BCUT2D eigenvalue weighted by atomic mass is 9.97. The molecule has 118 valence electrons. The molecule has 0 radical (unpaired) electrons. The van der Waals surface area contributed by atoms with E-state index in [4.69, 9.17) is 4.74 Å². The van der Waals surface area contributed by atoms with E-state index >= 15 is 0 Å². The molecule has 4 rings (SSSR count). The summed E-state index contributed by atoms with van der Waals surface area (Å²) in [7, 11) is 0. The molecule has 0 saturated heterocycles. The van der Waals surface area contributed by atoms with E-state index in [0.717, 1.165) is 12.2 Å². The summed E-state index contributed by atoms with van der Waals surface area (Å²) in [5.74, 6) is 0.921. The molecule has 0 spiro atoms. The first-order valence-electron chi connectivity index (χ1n) is 8.46. The zero-order chi connectivity index (χ0) is 16.4. The Morgan fingerprint density at radius 1 is 0.708 bits per heavy atom. The second-order valence-electron chi connectivity index (χ2n) is 6.08. The van der Waals surface area contributed by atoms with Gasteiger partial charge in [-0.25, -0.2) is 0 Å². The van der Waals surface area contributed by atoms with Gasteiger partial charge in [0, 0.05) is 5.56 Å². The molecule has 0 unspecified atom stereocenters. The summed E-state index contributed by atoms with van der Waals surface area (Å²) in [6, 6.07) is 27.7. The van der Waals surface area contributed by atoms with Crippen LogP contribution in [-0.2, 0) is 13.0 Å². The summed E-state index contributed by atoms with van der Waals surface area (Å²) in [5, 5.41) is 5.05. The van der Waals surface area contributed by atoms with Gasteiger partial charge in [0.25, 0.3) is 0 Å². The van der Waals surface area contributed by atoms with E-state index in [1.54, 1.807) is 0 Å². The Morgan fingerprint density at radius 2 is 1.29 bits per heavy atom. The van der Waals surface area contributed by atoms with Gasteiger partial charge in [0.1, 0.15) is 12.4 Å². The van der Waals surface area contributed by atoms with Gasteiger partial charge in [-0.05, 0) is 51.7 Å². The molecule has 0 saturated carbocycles. The Kier molecular flexibility index (Phi) is 3.92. The van der Waals surface area contributed by atoms with Crippen molar-refractivity contribution in [2.75, 3.05) is 0 Å².